The Morgan fingerprint density at radius 1 is 1.25 bits per heavy atom. The first kappa shape index (κ1) is 15.5. The van der Waals surface area contributed by atoms with Gasteiger partial charge in [0.1, 0.15) is 0 Å². The first-order valence-electron chi connectivity index (χ1n) is 6.95. The maximum Gasteiger partial charge on any atom is 0.445 e. The van der Waals surface area contributed by atoms with Gasteiger partial charge in [0.2, 0.25) is 10.1 Å². The van der Waals surface area contributed by atoms with Crippen molar-refractivity contribution in [1.82, 2.24) is 10.2 Å². The van der Waals surface area contributed by atoms with Gasteiger partial charge in [-0.05, 0) is 30.6 Å². The lowest BCUT2D eigenvalue weighted by Gasteiger charge is -2.31. The van der Waals surface area contributed by atoms with E-state index in [-0.39, 0.29) is 10.5 Å². The quantitative estimate of drug-likeness (QED) is 0.865. The molecular formula is C13H20F3N3S. The molecule has 1 fully saturated rings. The van der Waals surface area contributed by atoms with Crippen molar-refractivity contribution in [2.45, 2.75) is 52.1 Å². The van der Waals surface area contributed by atoms with Crippen LogP contribution in [0.5, 0.6) is 0 Å². The summed E-state index contributed by atoms with van der Waals surface area (Å²) in [5, 5.41) is 9.24. The van der Waals surface area contributed by atoms with Crippen LogP contribution in [0.4, 0.5) is 18.3 Å². The first-order valence-corrected chi connectivity index (χ1v) is 7.77. The van der Waals surface area contributed by atoms with Crippen molar-refractivity contribution >= 4 is 16.5 Å². The molecule has 0 aliphatic heterocycles. The molecule has 0 spiro atoms. The summed E-state index contributed by atoms with van der Waals surface area (Å²) in [5.74, 6) is 0.593. The Kier molecular flexibility index (Phi) is 4.56. The molecule has 1 N–H and O–H groups in total. The summed E-state index contributed by atoms with van der Waals surface area (Å²) >= 11 is 0.582. The van der Waals surface area contributed by atoms with Crippen molar-refractivity contribution in [2.75, 3.05) is 11.9 Å². The van der Waals surface area contributed by atoms with E-state index < -0.39 is 11.2 Å². The Labute approximate surface area is 121 Å². The Balaban J connectivity index is 1.97. The van der Waals surface area contributed by atoms with Gasteiger partial charge in [0, 0.05) is 6.54 Å². The lowest BCUT2D eigenvalue weighted by atomic mass is 9.78. The molecular weight excluding hydrogens is 287 g/mol. The maximum atomic E-state index is 12.5. The zero-order chi connectivity index (χ0) is 14.8. The smallest absolute Gasteiger partial charge is 0.360 e. The van der Waals surface area contributed by atoms with Crippen LogP contribution in [-0.2, 0) is 6.18 Å². The number of hydrogen-bond donors (Lipinski definition) is 1. The van der Waals surface area contributed by atoms with Crippen molar-refractivity contribution < 1.29 is 13.2 Å². The zero-order valence-corrected chi connectivity index (χ0v) is 12.6. The Bertz CT molecular complexity index is 436. The molecule has 0 saturated heterocycles. The fourth-order valence-electron chi connectivity index (χ4n) is 3.12. The largest absolute Gasteiger partial charge is 0.445 e. The van der Waals surface area contributed by atoms with Crippen LogP contribution >= 0.6 is 11.3 Å². The predicted molar refractivity (Wildman–Crippen MR) is 73.8 cm³/mol. The van der Waals surface area contributed by atoms with E-state index in [2.05, 4.69) is 29.4 Å². The molecule has 2 rings (SSSR count). The molecule has 1 heterocycles. The number of rotatable bonds is 5. The van der Waals surface area contributed by atoms with Gasteiger partial charge < -0.3 is 5.32 Å². The molecule has 1 aliphatic carbocycles. The van der Waals surface area contributed by atoms with E-state index >= 15 is 0 Å². The minimum atomic E-state index is -4.40. The number of nitrogens with one attached hydrogen (secondary N) is 1. The molecule has 0 atom stereocenters. The summed E-state index contributed by atoms with van der Waals surface area (Å²) in [6.45, 7) is 5.07. The summed E-state index contributed by atoms with van der Waals surface area (Å²) in [5.41, 5.74) is 0.207. The van der Waals surface area contributed by atoms with Gasteiger partial charge in [0.05, 0.1) is 0 Å². The highest BCUT2D eigenvalue weighted by atomic mass is 32.1. The molecule has 0 aromatic carbocycles. The molecule has 20 heavy (non-hydrogen) atoms. The van der Waals surface area contributed by atoms with E-state index in [0.717, 1.165) is 19.3 Å². The highest BCUT2D eigenvalue weighted by Crippen LogP contribution is 2.43. The Morgan fingerprint density at radius 2 is 1.90 bits per heavy atom. The molecule has 0 unspecified atom stereocenters. The molecule has 114 valence electrons. The third-order valence-corrected chi connectivity index (χ3v) is 4.71. The van der Waals surface area contributed by atoms with Gasteiger partial charge in [-0.3, -0.25) is 0 Å². The van der Waals surface area contributed by atoms with Gasteiger partial charge in [-0.2, -0.15) is 13.2 Å². The Hall–Kier alpha value is -0.850. The van der Waals surface area contributed by atoms with E-state index in [0.29, 0.717) is 23.8 Å². The Morgan fingerprint density at radius 3 is 2.40 bits per heavy atom. The predicted octanol–water partition coefficient (Wildman–Crippen LogP) is 4.58. The normalized spacial score (nSPS) is 18.7. The summed E-state index contributed by atoms with van der Waals surface area (Å²) < 4.78 is 37.4. The van der Waals surface area contributed by atoms with E-state index in [1.165, 1.54) is 12.8 Å². The molecule has 3 nitrogen and oxygen atoms in total. The van der Waals surface area contributed by atoms with Crippen molar-refractivity contribution in [2.24, 2.45) is 11.3 Å². The van der Waals surface area contributed by atoms with Crippen LogP contribution in [0.3, 0.4) is 0 Å². The highest BCUT2D eigenvalue weighted by Gasteiger charge is 2.37. The van der Waals surface area contributed by atoms with E-state index in [9.17, 15) is 13.2 Å². The minimum Gasteiger partial charge on any atom is -0.360 e. The average Bonchev–Trinajstić information content (AvgIpc) is 2.93. The molecule has 1 aliphatic rings. The van der Waals surface area contributed by atoms with Crippen LogP contribution in [0.15, 0.2) is 0 Å². The number of alkyl halides is 3. The zero-order valence-electron chi connectivity index (χ0n) is 11.8. The molecule has 0 amide bonds. The third-order valence-electron chi connectivity index (χ3n) is 3.79. The molecule has 0 radical (unpaired) electrons. The number of hydrogen-bond acceptors (Lipinski definition) is 4. The van der Waals surface area contributed by atoms with Gasteiger partial charge >= 0.3 is 6.18 Å². The van der Waals surface area contributed by atoms with Gasteiger partial charge in [0.15, 0.2) is 0 Å². The minimum absolute atomic E-state index is 0.207. The van der Waals surface area contributed by atoms with Gasteiger partial charge in [-0.1, -0.05) is 38.0 Å². The lowest BCUT2D eigenvalue weighted by molar-refractivity contribution is -0.138. The van der Waals surface area contributed by atoms with Crippen molar-refractivity contribution in [3.8, 4) is 0 Å². The molecule has 0 bridgehead atoms. The van der Waals surface area contributed by atoms with Crippen molar-refractivity contribution in [3.63, 3.8) is 0 Å². The van der Waals surface area contributed by atoms with Crippen molar-refractivity contribution in [1.29, 1.82) is 0 Å². The van der Waals surface area contributed by atoms with Gasteiger partial charge in [-0.25, -0.2) is 0 Å². The summed E-state index contributed by atoms with van der Waals surface area (Å²) in [6, 6.07) is 0. The van der Waals surface area contributed by atoms with Crippen molar-refractivity contribution in [3.05, 3.63) is 5.01 Å². The molecule has 1 aromatic heterocycles. The molecule has 7 heteroatoms. The second-order valence-electron chi connectivity index (χ2n) is 6.07. The number of nitrogens with zero attached hydrogens (tertiary/aromatic N) is 2. The van der Waals surface area contributed by atoms with Crippen LogP contribution in [0.1, 0.15) is 51.0 Å². The van der Waals surface area contributed by atoms with Gasteiger partial charge in [-0.15, -0.1) is 10.2 Å². The fourth-order valence-corrected chi connectivity index (χ4v) is 3.72. The monoisotopic (exact) mass is 307 g/mol. The first-order chi connectivity index (χ1) is 9.31. The fraction of sp³-hybridized carbons (Fsp3) is 0.846. The topological polar surface area (TPSA) is 37.8 Å². The molecule has 1 aromatic rings. The lowest BCUT2D eigenvalue weighted by Crippen LogP contribution is -2.28. The molecule has 1 saturated carbocycles. The van der Waals surface area contributed by atoms with E-state index in [1.807, 2.05) is 0 Å². The van der Waals surface area contributed by atoms with E-state index in [4.69, 9.17) is 0 Å². The standard InChI is InChI=1S/C13H20F3N3S/c1-9(2)7-12(5-3-4-6-12)8-17-11-19-18-10(20-11)13(14,15)16/h9H,3-8H2,1-2H3,(H,17,19). The average molecular weight is 307 g/mol. The summed E-state index contributed by atoms with van der Waals surface area (Å²) in [4.78, 5) is 0. The second kappa shape index (κ2) is 5.87. The van der Waals surface area contributed by atoms with Crippen LogP contribution in [0, 0.1) is 11.3 Å². The number of anilines is 1. The second-order valence-corrected chi connectivity index (χ2v) is 7.05. The van der Waals surface area contributed by atoms with Crippen LogP contribution in [0.2, 0.25) is 0 Å². The van der Waals surface area contributed by atoms with Crippen LogP contribution < -0.4 is 5.32 Å². The summed E-state index contributed by atoms with van der Waals surface area (Å²) in [7, 11) is 0. The number of halogens is 3. The highest BCUT2D eigenvalue weighted by molar-refractivity contribution is 7.15. The maximum absolute atomic E-state index is 12.5. The van der Waals surface area contributed by atoms with Crippen LogP contribution in [-0.4, -0.2) is 16.7 Å². The SMILES string of the molecule is CC(C)CC1(CNc2nnc(C(F)(F)F)s2)CCCC1. The summed E-state index contributed by atoms with van der Waals surface area (Å²) in [6.07, 6.45) is 1.40. The van der Waals surface area contributed by atoms with Gasteiger partial charge in [0.25, 0.3) is 0 Å². The van der Waals surface area contributed by atoms with Crippen LogP contribution in [0.25, 0.3) is 0 Å². The number of aromatic nitrogens is 2. The van der Waals surface area contributed by atoms with E-state index in [1.54, 1.807) is 0 Å². The third kappa shape index (κ3) is 3.84.